The lowest BCUT2D eigenvalue weighted by molar-refractivity contribution is 0.288. The van der Waals surface area contributed by atoms with Gasteiger partial charge in [-0.05, 0) is 11.6 Å². The molecule has 0 fully saturated rings. The summed E-state index contributed by atoms with van der Waals surface area (Å²) in [6, 6.07) is 11.3. The van der Waals surface area contributed by atoms with Crippen LogP contribution in [0.15, 0.2) is 55.0 Å². The van der Waals surface area contributed by atoms with Gasteiger partial charge in [-0.15, -0.1) is 0 Å². The summed E-state index contributed by atoms with van der Waals surface area (Å²) >= 11 is 0. The summed E-state index contributed by atoms with van der Waals surface area (Å²) in [5, 5.41) is 0. The zero-order valence-electron chi connectivity index (χ0n) is 12.0. The summed E-state index contributed by atoms with van der Waals surface area (Å²) in [6.45, 7) is 0.146. The number of nitrogen functional groups attached to an aromatic ring is 1. The molecule has 4 nitrogen and oxygen atoms in total. The van der Waals surface area contributed by atoms with Gasteiger partial charge in [0.25, 0.3) is 0 Å². The van der Waals surface area contributed by atoms with Crippen molar-refractivity contribution in [3.63, 3.8) is 0 Å². The van der Waals surface area contributed by atoms with E-state index < -0.39 is 11.6 Å². The highest BCUT2D eigenvalue weighted by Crippen LogP contribution is 2.31. The second kappa shape index (κ2) is 6.39. The van der Waals surface area contributed by atoms with Gasteiger partial charge in [-0.2, -0.15) is 0 Å². The molecule has 0 aliphatic rings. The molecule has 23 heavy (non-hydrogen) atoms. The molecule has 0 amide bonds. The first kappa shape index (κ1) is 14.9. The minimum absolute atomic E-state index is 0.00680. The van der Waals surface area contributed by atoms with Crippen LogP contribution in [0.25, 0.3) is 11.1 Å². The second-order valence-corrected chi connectivity index (χ2v) is 4.86. The lowest BCUT2D eigenvalue weighted by Crippen LogP contribution is -2.01. The quantitative estimate of drug-likeness (QED) is 0.799. The summed E-state index contributed by atoms with van der Waals surface area (Å²) in [4.78, 5) is 7.55. The summed E-state index contributed by atoms with van der Waals surface area (Å²) in [5.41, 5.74) is 6.76. The van der Waals surface area contributed by atoms with Crippen molar-refractivity contribution in [2.24, 2.45) is 0 Å². The van der Waals surface area contributed by atoms with Gasteiger partial charge in [0.2, 0.25) is 0 Å². The highest BCUT2D eigenvalue weighted by Gasteiger charge is 2.15. The third kappa shape index (κ3) is 3.26. The van der Waals surface area contributed by atoms with E-state index in [9.17, 15) is 8.78 Å². The molecule has 0 saturated carbocycles. The zero-order valence-corrected chi connectivity index (χ0v) is 12.0. The van der Waals surface area contributed by atoms with E-state index in [-0.39, 0.29) is 29.3 Å². The first-order valence-corrected chi connectivity index (χ1v) is 6.87. The third-order valence-corrected chi connectivity index (χ3v) is 3.29. The molecule has 3 aromatic rings. The number of benzene rings is 2. The molecule has 1 aromatic heterocycles. The SMILES string of the molecule is Nc1ncncc1-c1cc(F)c(OCc2ccccc2)cc1F. The van der Waals surface area contributed by atoms with Crippen molar-refractivity contribution < 1.29 is 13.5 Å². The van der Waals surface area contributed by atoms with Crippen molar-refractivity contribution in [2.45, 2.75) is 6.61 Å². The molecule has 0 bridgehead atoms. The molecule has 0 unspecified atom stereocenters. The molecule has 0 atom stereocenters. The lowest BCUT2D eigenvalue weighted by atomic mass is 10.1. The van der Waals surface area contributed by atoms with Gasteiger partial charge >= 0.3 is 0 Å². The Hall–Kier alpha value is -3.02. The molecule has 0 aliphatic heterocycles. The van der Waals surface area contributed by atoms with Gasteiger partial charge in [-0.25, -0.2) is 18.7 Å². The molecule has 2 aromatic carbocycles. The monoisotopic (exact) mass is 313 g/mol. The number of aromatic nitrogens is 2. The Labute approximate surface area is 131 Å². The Morgan fingerprint density at radius 3 is 2.52 bits per heavy atom. The Kier molecular flexibility index (Phi) is 4.14. The van der Waals surface area contributed by atoms with Crippen molar-refractivity contribution in [1.29, 1.82) is 0 Å². The van der Waals surface area contributed by atoms with E-state index in [0.717, 1.165) is 17.7 Å². The number of anilines is 1. The molecule has 0 aliphatic carbocycles. The van der Waals surface area contributed by atoms with Crippen LogP contribution in [-0.4, -0.2) is 9.97 Å². The first-order chi connectivity index (χ1) is 11.1. The van der Waals surface area contributed by atoms with Gasteiger partial charge in [-0.3, -0.25) is 0 Å². The van der Waals surface area contributed by atoms with E-state index >= 15 is 0 Å². The van der Waals surface area contributed by atoms with Crippen LogP contribution in [0, 0.1) is 11.6 Å². The minimum atomic E-state index is -0.680. The van der Waals surface area contributed by atoms with E-state index in [1.54, 1.807) is 0 Å². The average Bonchev–Trinajstić information content (AvgIpc) is 2.57. The molecule has 6 heteroatoms. The highest BCUT2D eigenvalue weighted by molar-refractivity contribution is 5.73. The maximum absolute atomic E-state index is 14.3. The van der Waals surface area contributed by atoms with Crippen molar-refractivity contribution in [1.82, 2.24) is 9.97 Å². The van der Waals surface area contributed by atoms with Gasteiger partial charge in [0.1, 0.15) is 24.6 Å². The molecular weight excluding hydrogens is 300 g/mol. The normalized spacial score (nSPS) is 10.5. The van der Waals surface area contributed by atoms with E-state index in [1.807, 2.05) is 30.3 Å². The standard InChI is InChI=1S/C17H13F2N3O/c18-14-7-16(23-9-11-4-2-1-3-5-11)15(19)6-12(14)13-8-21-10-22-17(13)20/h1-8,10H,9H2,(H2,20,21,22). The number of rotatable bonds is 4. The highest BCUT2D eigenvalue weighted by atomic mass is 19.1. The number of ether oxygens (including phenoxy) is 1. The fraction of sp³-hybridized carbons (Fsp3) is 0.0588. The molecule has 0 spiro atoms. The summed E-state index contributed by atoms with van der Waals surface area (Å²) in [5.74, 6) is -1.42. The van der Waals surface area contributed by atoms with E-state index in [4.69, 9.17) is 10.5 Å². The van der Waals surface area contributed by atoms with Crippen molar-refractivity contribution in [3.8, 4) is 16.9 Å². The second-order valence-electron chi connectivity index (χ2n) is 4.86. The van der Waals surface area contributed by atoms with Crippen molar-refractivity contribution in [2.75, 3.05) is 5.73 Å². The Morgan fingerprint density at radius 2 is 1.78 bits per heavy atom. The molecule has 1 heterocycles. The topological polar surface area (TPSA) is 61.0 Å². The molecular formula is C17H13F2N3O. The van der Waals surface area contributed by atoms with Crippen LogP contribution in [0.2, 0.25) is 0 Å². The lowest BCUT2D eigenvalue weighted by Gasteiger charge is -2.11. The van der Waals surface area contributed by atoms with Crippen LogP contribution in [0.4, 0.5) is 14.6 Å². The molecule has 0 saturated heterocycles. The number of hydrogen-bond acceptors (Lipinski definition) is 4. The Morgan fingerprint density at radius 1 is 1.00 bits per heavy atom. The maximum Gasteiger partial charge on any atom is 0.165 e. The molecule has 2 N–H and O–H groups in total. The molecule has 116 valence electrons. The largest absolute Gasteiger partial charge is 0.486 e. The van der Waals surface area contributed by atoms with Crippen LogP contribution in [0.1, 0.15) is 5.56 Å². The Balaban J connectivity index is 1.87. The predicted octanol–water partition coefficient (Wildman–Crippen LogP) is 3.58. The number of halogens is 2. The summed E-state index contributed by atoms with van der Waals surface area (Å²) in [7, 11) is 0. The zero-order chi connectivity index (χ0) is 16.2. The van der Waals surface area contributed by atoms with Crippen LogP contribution in [-0.2, 0) is 6.61 Å². The molecule has 3 rings (SSSR count). The van der Waals surface area contributed by atoms with Gasteiger partial charge in [0, 0.05) is 23.4 Å². The van der Waals surface area contributed by atoms with Crippen LogP contribution < -0.4 is 10.5 Å². The van der Waals surface area contributed by atoms with Crippen LogP contribution in [0.5, 0.6) is 5.75 Å². The average molecular weight is 313 g/mol. The third-order valence-electron chi connectivity index (χ3n) is 3.29. The van der Waals surface area contributed by atoms with Crippen LogP contribution >= 0.6 is 0 Å². The van der Waals surface area contributed by atoms with E-state index in [0.29, 0.717) is 0 Å². The molecule has 0 radical (unpaired) electrons. The first-order valence-electron chi connectivity index (χ1n) is 6.87. The van der Waals surface area contributed by atoms with Gasteiger partial charge in [0.15, 0.2) is 11.6 Å². The summed E-state index contributed by atoms with van der Waals surface area (Å²) < 4.78 is 33.8. The van der Waals surface area contributed by atoms with Crippen molar-refractivity contribution >= 4 is 5.82 Å². The Bertz CT molecular complexity index is 825. The van der Waals surface area contributed by atoms with E-state index in [1.165, 1.54) is 12.5 Å². The van der Waals surface area contributed by atoms with E-state index in [2.05, 4.69) is 9.97 Å². The predicted molar refractivity (Wildman–Crippen MR) is 82.6 cm³/mol. The number of hydrogen-bond donors (Lipinski definition) is 1. The number of nitrogens with zero attached hydrogens (tertiary/aromatic N) is 2. The fourth-order valence-electron chi connectivity index (χ4n) is 2.13. The maximum atomic E-state index is 14.3. The smallest absolute Gasteiger partial charge is 0.165 e. The van der Waals surface area contributed by atoms with Gasteiger partial charge in [-0.1, -0.05) is 30.3 Å². The van der Waals surface area contributed by atoms with Gasteiger partial charge in [0.05, 0.1) is 0 Å². The number of nitrogens with two attached hydrogens (primary N) is 1. The van der Waals surface area contributed by atoms with Gasteiger partial charge < -0.3 is 10.5 Å². The fourth-order valence-corrected chi connectivity index (χ4v) is 2.13. The summed E-state index contributed by atoms with van der Waals surface area (Å²) in [6.07, 6.45) is 2.58. The minimum Gasteiger partial charge on any atom is -0.486 e. The van der Waals surface area contributed by atoms with Crippen molar-refractivity contribution in [3.05, 3.63) is 72.2 Å². The van der Waals surface area contributed by atoms with Crippen LogP contribution in [0.3, 0.4) is 0 Å².